The number of nitrogens with zero attached hydrogens (tertiary/aromatic N) is 3. The number of hydrogen-bond acceptors (Lipinski definition) is 6. The van der Waals surface area contributed by atoms with E-state index in [1.165, 1.54) is 11.1 Å². The van der Waals surface area contributed by atoms with E-state index >= 15 is 0 Å². The highest BCUT2D eigenvalue weighted by Crippen LogP contribution is 2.32. The second-order valence-corrected chi connectivity index (χ2v) is 7.82. The van der Waals surface area contributed by atoms with Crippen molar-refractivity contribution in [2.24, 2.45) is 0 Å². The second-order valence-electron chi connectivity index (χ2n) is 7.82. The van der Waals surface area contributed by atoms with Crippen molar-refractivity contribution in [3.05, 3.63) is 47.2 Å². The third-order valence-electron chi connectivity index (χ3n) is 6.09. The normalized spacial score (nSPS) is 20.2. The Balaban J connectivity index is 1.24. The summed E-state index contributed by atoms with van der Waals surface area (Å²) in [6.45, 7) is 7.07. The first-order valence-corrected chi connectivity index (χ1v) is 10.1. The Hall–Kier alpha value is -2.60. The van der Waals surface area contributed by atoms with E-state index < -0.39 is 0 Å². The van der Waals surface area contributed by atoms with E-state index in [1.54, 1.807) is 6.20 Å². The summed E-state index contributed by atoms with van der Waals surface area (Å²) in [4.78, 5) is 20.9. The number of anilines is 1. The van der Waals surface area contributed by atoms with Crippen LogP contribution in [-0.4, -0.2) is 55.1 Å². The first-order chi connectivity index (χ1) is 13.7. The molecule has 0 aliphatic carbocycles. The van der Waals surface area contributed by atoms with Crippen LogP contribution in [0.5, 0.6) is 11.5 Å². The fraction of sp³-hybridized carbons (Fsp3) is 0.455. The number of piperazine rings is 1. The zero-order valence-electron chi connectivity index (χ0n) is 16.2. The summed E-state index contributed by atoms with van der Waals surface area (Å²) in [5.41, 5.74) is 3.54. The summed E-state index contributed by atoms with van der Waals surface area (Å²) in [7, 11) is 0. The number of ketones is 1. The van der Waals surface area contributed by atoms with Gasteiger partial charge in [-0.05, 0) is 24.1 Å². The number of fused-ring (bicyclic) bond motifs is 2. The van der Waals surface area contributed by atoms with Gasteiger partial charge in [-0.2, -0.15) is 0 Å². The van der Waals surface area contributed by atoms with E-state index in [2.05, 4.69) is 39.9 Å². The van der Waals surface area contributed by atoms with Gasteiger partial charge in [0.25, 0.3) is 0 Å². The lowest BCUT2D eigenvalue weighted by molar-refractivity contribution is -0.121. The molecule has 2 aromatic rings. The first kappa shape index (κ1) is 17.5. The lowest BCUT2D eigenvalue weighted by Gasteiger charge is -2.39. The van der Waals surface area contributed by atoms with Crippen LogP contribution in [0, 0.1) is 0 Å². The molecule has 0 N–H and O–H groups in total. The van der Waals surface area contributed by atoms with Crippen LogP contribution < -0.4 is 14.4 Å². The van der Waals surface area contributed by atoms with Crippen LogP contribution >= 0.6 is 0 Å². The number of benzene rings is 1. The average Bonchev–Trinajstić information content (AvgIpc) is 3.21. The summed E-state index contributed by atoms with van der Waals surface area (Å²) in [5, 5.41) is 0. The van der Waals surface area contributed by atoms with Crippen LogP contribution in [-0.2, 0) is 17.6 Å². The maximum absolute atomic E-state index is 11.5. The van der Waals surface area contributed by atoms with E-state index in [9.17, 15) is 4.79 Å². The average molecular weight is 379 g/mol. The standard InChI is InChI=1S/C22H25N3O3/c1-15(17-3-2-16-4-9-27-20(16)11-17)24-5-7-25(8-6-24)22-12-21-18(13-23-22)10-19(26)14-28-21/h2-3,11-13,15H,4-10,14H2,1H3/t15-/m0/s1. The van der Waals surface area contributed by atoms with Gasteiger partial charge in [0.05, 0.1) is 6.61 Å². The summed E-state index contributed by atoms with van der Waals surface area (Å²) in [6.07, 6.45) is 3.24. The zero-order valence-corrected chi connectivity index (χ0v) is 16.2. The number of carbonyl (C=O) groups excluding carboxylic acids is 1. The predicted octanol–water partition coefficient (Wildman–Crippen LogP) is 2.40. The van der Waals surface area contributed by atoms with E-state index in [-0.39, 0.29) is 12.4 Å². The Labute approximate surface area is 165 Å². The van der Waals surface area contributed by atoms with Crippen molar-refractivity contribution in [2.75, 3.05) is 44.3 Å². The van der Waals surface area contributed by atoms with E-state index in [4.69, 9.17) is 9.47 Å². The number of aromatic nitrogens is 1. The molecular formula is C22H25N3O3. The first-order valence-electron chi connectivity index (χ1n) is 10.1. The molecule has 6 nitrogen and oxygen atoms in total. The molecule has 1 atom stereocenters. The minimum Gasteiger partial charge on any atom is -0.493 e. The molecule has 0 saturated carbocycles. The van der Waals surface area contributed by atoms with Gasteiger partial charge in [-0.3, -0.25) is 9.69 Å². The Morgan fingerprint density at radius 2 is 1.86 bits per heavy atom. The molecule has 3 aliphatic rings. The highest BCUT2D eigenvalue weighted by molar-refractivity contribution is 5.84. The molecule has 0 amide bonds. The number of rotatable bonds is 3. The third kappa shape index (κ3) is 3.22. The third-order valence-corrected chi connectivity index (χ3v) is 6.09. The summed E-state index contributed by atoms with van der Waals surface area (Å²) in [6, 6.07) is 9.02. The molecule has 0 bridgehead atoms. The van der Waals surface area contributed by atoms with Gasteiger partial charge in [0.1, 0.15) is 23.9 Å². The van der Waals surface area contributed by atoms with Crippen molar-refractivity contribution in [3.63, 3.8) is 0 Å². The van der Waals surface area contributed by atoms with Crippen molar-refractivity contribution in [1.29, 1.82) is 0 Å². The van der Waals surface area contributed by atoms with Crippen molar-refractivity contribution in [1.82, 2.24) is 9.88 Å². The second kappa shape index (κ2) is 7.09. The molecule has 28 heavy (non-hydrogen) atoms. The largest absolute Gasteiger partial charge is 0.493 e. The molecule has 1 aromatic carbocycles. The zero-order chi connectivity index (χ0) is 19.1. The van der Waals surface area contributed by atoms with Crippen LogP contribution in [0.1, 0.15) is 29.7 Å². The lowest BCUT2D eigenvalue weighted by Crippen LogP contribution is -2.47. The van der Waals surface area contributed by atoms with Gasteiger partial charge in [-0.25, -0.2) is 4.98 Å². The Bertz CT molecular complexity index is 906. The van der Waals surface area contributed by atoms with E-state index in [0.29, 0.717) is 12.5 Å². The van der Waals surface area contributed by atoms with Gasteiger partial charge in [0, 0.05) is 62.9 Å². The molecule has 4 heterocycles. The quantitative estimate of drug-likeness (QED) is 0.816. The molecule has 5 rings (SSSR count). The van der Waals surface area contributed by atoms with Crippen molar-refractivity contribution in [3.8, 4) is 11.5 Å². The fourth-order valence-corrected chi connectivity index (χ4v) is 4.31. The molecule has 1 fully saturated rings. The molecule has 1 saturated heterocycles. The van der Waals surface area contributed by atoms with Crippen molar-refractivity contribution in [2.45, 2.75) is 25.8 Å². The van der Waals surface area contributed by atoms with Crippen LogP contribution in [0.25, 0.3) is 0 Å². The van der Waals surface area contributed by atoms with Gasteiger partial charge in [0.15, 0.2) is 5.78 Å². The Morgan fingerprint density at radius 3 is 2.71 bits per heavy atom. The molecule has 146 valence electrons. The van der Waals surface area contributed by atoms with Crippen molar-refractivity contribution >= 4 is 11.6 Å². The monoisotopic (exact) mass is 379 g/mol. The summed E-state index contributed by atoms with van der Waals surface area (Å²) in [5.74, 6) is 2.91. The molecule has 0 unspecified atom stereocenters. The maximum atomic E-state index is 11.5. The Kier molecular flexibility index (Phi) is 4.43. The van der Waals surface area contributed by atoms with Crippen LogP contribution in [0.15, 0.2) is 30.5 Å². The summed E-state index contributed by atoms with van der Waals surface area (Å²) >= 11 is 0. The SMILES string of the molecule is C[C@@H](c1ccc2c(c1)OCC2)N1CCN(c2cc3c(cn2)CC(=O)CO3)CC1. The molecule has 6 heteroatoms. The number of ether oxygens (including phenoxy) is 2. The number of Topliss-reactive ketones (excluding diaryl/α,β-unsaturated/α-hetero) is 1. The smallest absolute Gasteiger partial charge is 0.174 e. The van der Waals surface area contributed by atoms with Crippen molar-refractivity contribution < 1.29 is 14.3 Å². The number of hydrogen-bond donors (Lipinski definition) is 0. The van der Waals surface area contributed by atoms with E-state index in [1.807, 2.05) is 6.07 Å². The van der Waals surface area contributed by atoms with Gasteiger partial charge in [0.2, 0.25) is 0 Å². The molecule has 1 aromatic heterocycles. The highest BCUT2D eigenvalue weighted by atomic mass is 16.5. The number of carbonyl (C=O) groups is 1. The van der Waals surface area contributed by atoms with E-state index in [0.717, 1.165) is 62.1 Å². The number of pyridine rings is 1. The minimum atomic E-state index is 0.113. The Morgan fingerprint density at radius 1 is 1.04 bits per heavy atom. The van der Waals surface area contributed by atoms with Crippen LogP contribution in [0.4, 0.5) is 5.82 Å². The maximum Gasteiger partial charge on any atom is 0.174 e. The highest BCUT2D eigenvalue weighted by Gasteiger charge is 2.25. The van der Waals surface area contributed by atoms with Gasteiger partial charge < -0.3 is 14.4 Å². The molecule has 0 spiro atoms. The lowest BCUT2D eigenvalue weighted by atomic mass is 10.0. The molecule has 0 radical (unpaired) electrons. The fourth-order valence-electron chi connectivity index (χ4n) is 4.31. The molecular weight excluding hydrogens is 354 g/mol. The predicted molar refractivity (Wildman–Crippen MR) is 106 cm³/mol. The van der Waals surface area contributed by atoms with Gasteiger partial charge in [-0.15, -0.1) is 0 Å². The summed E-state index contributed by atoms with van der Waals surface area (Å²) < 4.78 is 11.3. The van der Waals surface area contributed by atoms with Crippen LogP contribution in [0.3, 0.4) is 0 Å². The molecule has 3 aliphatic heterocycles. The van der Waals surface area contributed by atoms with Gasteiger partial charge in [-0.1, -0.05) is 12.1 Å². The topological polar surface area (TPSA) is 54.9 Å². The van der Waals surface area contributed by atoms with Crippen LogP contribution in [0.2, 0.25) is 0 Å². The van der Waals surface area contributed by atoms with Gasteiger partial charge >= 0.3 is 0 Å². The minimum absolute atomic E-state index is 0.113.